The first-order valence-electron chi connectivity index (χ1n) is 9.20. The molecule has 0 saturated carbocycles. The van der Waals surface area contributed by atoms with Crippen LogP contribution in [0.4, 0.5) is 8.78 Å². The van der Waals surface area contributed by atoms with Crippen molar-refractivity contribution in [2.75, 3.05) is 26.2 Å². The Hall–Kier alpha value is -1.53. The number of carbonyl (C=O) groups is 1. The molecule has 6 heteroatoms. The average molecular weight is 350 g/mol. The SMILES string of the molecule is O=C([C@H]1C[C@@H]2CCN(Cc3ccc(F)c(F)c3)C[C@@H]2O1)N1CCCC1. The molecule has 3 saturated heterocycles. The van der Waals surface area contributed by atoms with Gasteiger partial charge in [-0.25, -0.2) is 8.78 Å². The number of piperidine rings is 1. The molecule has 25 heavy (non-hydrogen) atoms. The Labute approximate surface area is 146 Å². The Morgan fingerprint density at radius 2 is 1.96 bits per heavy atom. The fourth-order valence-corrected chi connectivity index (χ4v) is 4.33. The summed E-state index contributed by atoms with van der Waals surface area (Å²) in [5.74, 6) is -1.04. The van der Waals surface area contributed by atoms with E-state index in [0.29, 0.717) is 12.5 Å². The minimum absolute atomic E-state index is 0.0654. The molecule has 4 rings (SSSR count). The summed E-state index contributed by atoms with van der Waals surface area (Å²) in [5, 5.41) is 0. The van der Waals surface area contributed by atoms with Gasteiger partial charge in [0.05, 0.1) is 6.10 Å². The first kappa shape index (κ1) is 16.9. The number of likely N-dealkylation sites (tertiary alicyclic amines) is 2. The third-order valence-corrected chi connectivity index (χ3v) is 5.72. The molecular weight excluding hydrogens is 326 g/mol. The smallest absolute Gasteiger partial charge is 0.251 e. The van der Waals surface area contributed by atoms with Gasteiger partial charge in [0.1, 0.15) is 6.10 Å². The molecular formula is C19H24F2N2O2. The molecule has 136 valence electrons. The highest BCUT2D eigenvalue weighted by molar-refractivity contribution is 5.81. The lowest BCUT2D eigenvalue weighted by atomic mass is 9.91. The van der Waals surface area contributed by atoms with E-state index >= 15 is 0 Å². The minimum Gasteiger partial charge on any atom is -0.364 e. The lowest BCUT2D eigenvalue weighted by Gasteiger charge is -2.34. The van der Waals surface area contributed by atoms with Crippen LogP contribution in [0.2, 0.25) is 0 Å². The maximum absolute atomic E-state index is 13.4. The normalized spacial score (nSPS) is 29.8. The molecule has 3 heterocycles. The van der Waals surface area contributed by atoms with Gasteiger partial charge in [0.15, 0.2) is 11.6 Å². The number of hydrogen-bond donors (Lipinski definition) is 0. The molecule has 3 aliphatic rings. The van der Waals surface area contributed by atoms with Crippen LogP contribution in [-0.2, 0) is 16.1 Å². The second kappa shape index (κ2) is 7.00. The summed E-state index contributed by atoms with van der Waals surface area (Å²) in [5.41, 5.74) is 0.764. The van der Waals surface area contributed by atoms with Gasteiger partial charge in [-0.3, -0.25) is 9.69 Å². The average Bonchev–Trinajstić information content (AvgIpc) is 3.26. The summed E-state index contributed by atoms with van der Waals surface area (Å²) >= 11 is 0. The van der Waals surface area contributed by atoms with Crippen LogP contribution < -0.4 is 0 Å². The van der Waals surface area contributed by atoms with Crippen molar-refractivity contribution in [3.05, 3.63) is 35.4 Å². The number of fused-ring (bicyclic) bond motifs is 1. The van der Waals surface area contributed by atoms with E-state index in [2.05, 4.69) is 4.90 Å². The molecule has 0 aliphatic carbocycles. The summed E-state index contributed by atoms with van der Waals surface area (Å²) in [7, 11) is 0. The van der Waals surface area contributed by atoms with Gasteiger partial charge in [-0.2, -0.15) is 0 Å². The van der Waals surface area contributed by atoms with Crippen molar-refractivity contribution in [1.82, 2.24) is 9.80 Å². The predicted octanol–water partition coefficient (Wildman–Crippen LogP) is 2.57. The van der Waals surface area contributed by atoms with Crippen LogP contribution in [0.25, 0.3) is 0 Å². The van der Waals surface area contributed by atoms with Gasteiger partial charge in [0.2, 0.25) is 0 Å². The van der Waals surface area contributed by atoms with Gasteiger partial charge >= 0.3 is 0 Å². The number of ether oxygens (including phenoxy) is 1. The van der Waals surface area contributed by atoms with Crippen molar-refractivity contribution in [2.24, 2.45) is 5.92 Å². The van der Waals surface area contributed by atoms with Gasteiger partial charge in [0, 0.05) is 26.2 Å². The molecule has 0 radical (unpaired) electrons. The molecule has 0 spiro atoms. The van der Waals surface area contributed by atoms with E-state index in [1.165, 1.54) is 12.1 Å². The van der Waals surface area contributed by atoms with Gasteiger partial charge < -0.3 is 9.64 Å². The highest BCUT2D eigenvalue weighted by Crippen LogP contribution is 2.34. The van der Waals surface area contributed by atoms with E-state index in [1.807, 2.05) is 4.90 Å². The third kappa shape index (κ3) is 3.55. The van der Waals surface area contributed by atoms with Gasteiger partial charge in [-0.1, -0.05) is 6.07 Å². The van der Waals surface area contributed by atoms with E-state index in [1.54, 1.807) is 6.07 Å². The summed E-state index contributed by atoms with van der Waals surface area (Å²) in [4.78, 5) is 16.7. The topological polar surface area (TPSA) is 32.8 Å². The Morgan fingerprint density at radius 3 is 2.72 bits per heavy atom. The fourth-order valence-electron chi connectivity index (χ4n) is 4.33. The number of halogens is 2. The van der Waals surface area contributed by atoms with Crippen molar-refractivity contribution in [3.63, 3.8) is 0 Å². The highest BCUT2D eigenvalue weighted by Gasteiger charge is 2.43. The first-order chi connectivity index (χ1) is 12.1. The zero-order valence-electron chi connectivity index (χ0n) is 14.3. The molecule has 3 atom stereocenters. The van der Waals surface area contributed by atoms with Gasteiger partial charge in [-0.15, -0.1) is 0 Å². The van der Waals surface area contributed by atoms with Crippen molar-refractivity contribution in [2.45, 2.75) is 44.4 Å². The molecule has 1 aromatic carbocycles. The Balaban J connectivity index is 1.35. The van der Waals surface area contributed by atoms with Crippen LogP contribution in [0, 0.1) is 17.6 Å². The molecule has 0 unspecified atom stereocenters. The standard InChI is InChI=1S/C19H24F2N2O2/c20-15-4-3-13(9-16(15)21)11-22-8-5-14-10-17(25-18(14)12-22)19(24)23-6-1-2-7-23/h3-4,9,14,17-18H,1-2,5-8,10-12H2/t14-,17+,18-/m0/s1. The van der Waals surface area contributed by atoms with E-state index in [0.717, 1.165) is 57.4 Å². The predicted molar refractivity (Wildman–Crippen MR) is 88.8 cm³/mol. The maximum Gasteiger partial charge on any atom is 0.251 e. The van der Waals surface area contributed by atoms with Crippen molar-refractivity contribution >= 4 is 5.91 Å². The number of benzene rings is 1. The summed E-state index contributed by atoms with van der Waals surface area (Å²) in [6, 6.07) is 4.06. The molecule has 4 nitrogen and oxygen atoms in total. The van der Waals surface area contributed by atoms with Gasteiger partial charge in [-0.05, 0) is 55.8 Å². The number of carbonyl (C=O) groups excluding carboxylic acids is 1. The second-order valence-corrected chi connectivity index (χ2v) is 7.46. The van der Waals surface area contributed by atoms with Crippen molar-refractivity contribution in [1.29, 1.82) is 0 Å². The third-order valence-electron chi connectivity index (χ3n) is 5.72. The highest BCUT2D eigenvalue weighted by atomic mass is 19.2. The van der Waals surface area contributed by atoms with Crippen LogP contribution in [-0.4, -0.2) is 54.1 Å². The quantitative estimate of drug-likeness (QED) is 0.840. The lowest BCUT2D eigenvalue weighted by molar-refractivity contribution is -0.142. The summed E-state index contributed by atoms with van der Waals surface area (Å²) in [6.45, 7) is 3.93. The fraction of sp³-hybridized carbons (Fsp3) is 0.632. The molecule has 1 aromatic rings. The zero-order valence-corrected chi connectivity index (χ0v) is 14.3. The van der Waals surface area contributed by atoms with Crippen LogP contribution in [0.1, 0.15) is 31.2 Å². The Kier molecular flexibility index (Phi) is 4.73. The van der Waals surface area contributed by atoms with E-state index in [-0.39, 0.29) is 18.1 Å². The van der Waals surface area contributed by atoms with Crippen LogP contribution in [0.3, 0.4) is 0 Å². The monoisotopic (exact) mass is 350 g/mol. The van der Waals surface area contributed by atoms with E-state index in [4.69, 9.17) is 4.74 Å². The summed E-state index contributed by atoms with van der Waals surface area (Å²) < 4.78 is 32.5. The Bertz CT molecular complexity index is 648. The largest absolute Gasteiger partial charge is 0.364 e. The van der Waals surface area contributed by atoms with Crippen molar-refractivity contribution < 1.29 is 18.3 Å². The van der Waals surface area contributed by atoms with Crippen LogP contribution in [0.15, 0.2) is 18.2 Å². The number of amides is 1. The van der Waals surface area contributed by atoms with E-state index in [9.17, 15) is 13.6 Å². The van der Waals surface area contributed by atoms with Crippen LogP contribution in [0.5, 0.6) is 0 Å². The second-order valence-electron chi connectivity index (χ2n) is 7.46. The lowest BCUT2D eigenvalue weighted by Crippen LogP contribution is -2.42. The minimum atomic E-state index is -0.815. The molecule has 3 aliphatic heterocycles. The number of nitrogens with zero attached hydrogens (tertiary/aromatic N) is 2. The van der Waals surface area contributed by atoms with Gasteiger partial charge in [0.25, 0.3) is 5.91 Å². The van der Waals surface area contributed by atoms with E-state index < -0.39 is 11.6 Å². The molecule has 0 N–H and O–H groups in total. The van der Waals surface area contributed by atoms with Crippen LogP contribution >= 0.6 is 0 Å². The molecule has 1 amide bonds. The maximum atomic E-state index is 13.4. The first-order valence-corrected chi connectivity index (χ1v) is 9.20. The number of rotatable bonds is 3. The summed E-state index contributed by atoms with van der Waals surface area (Å²) in [6.07, 6.45) is 3.75. The molecule has 3 fully saturated rings. The van der Waals surface area contributed by atoms with Crippen molar-refractivity contribution in [3.8, 4) is 0 Å². The molecule has 0 aromatic heterocycles. The Morgan fingerprint density at radius 1 is 1.16 bits per heavy atom. The molecule has 0 bridgehead atoms. The number of hydrogen-bond acceptors (Lipinski definition) is 3. The zero-order chi connectivity index (χ0) is 17.4.